The molecule has 0 bridgehead atoms. The standard InChI is InChI=1S/C60H44N4/c1-2-10-48(37-61)64-58-31-26-45(43-20-16-41(17-21-43)39-11-5-3-6-12-39)33-54(58)52-29-28-50-51(60(52)64)27-24-47-35-56-55-34-46(44-22-18-42(19-23-44)40-13-7-4-8-14-40)25-30-57(55)63(59(56)36-53(47)50)49-15-9-32-62-38-49/h2-23,25-26,28-38H,24,27,61H2,1H3/b10-2-,48-37+. The molecule has 0 fully saturated rings. The molecule has 0 amide bonds. The number of rotatable bonds is 7. The van der Waals surface area contributed by atoms with Crippen molar-refractivity contribution >= 4 is 49.3 Å². The quantitative estimate of drug-likeness (QED) is 0.163. The van der Waals surface area contributed by atoms with E-state index in [0.29, 0.717) is 0 Å². The molecule has 1 aliphatic rings. The highest BCUT2D eigenvalue weighted by molar-refractivity contribution is 6.15. The van der Waals surface area contributed by atoms with E-state index in [0.717, 1.165) is 29.7 Å². The maximum Gasteiger partial charge on any atom is 0.0645 e. The Kier molecular flexibility index (Phi) is 8.98. The van der Waals surface area contributed by atoms with Gasteiger partial charge in [-0.2, -0.15) is 0 Å². The van der Waals surface area contributed by atoms with Crippen molar-refractivity contribution in [3.05, 3.63) is 224 Å². The van der Waals surface area contributed by atoms with Crippen molar-refractivity contribution in [1.29, 1.82) is 0 Å². The van der Waals surface area contributed by atoms with Crippen LogP contribution in [0.2, 0.25) is 0 Å². The Bertz CT molecular complexity index is 3630. The first-order chi connectivity index (χ1) is 31.6. The Labute approximate surface area is 372 Å². The number of nitrogens with zero attached hydrogens (tertiary/aromatic N) is 3. The minimum Gasteiger partial charge on any atom is -0.403 e. The second-order valence-corrected chi connectivity index (χ2v) is 16.8. The van der Waals surface area contributed by atoms with Gasteiger partial charge >= 0.3 is 0 Å². The second kappa shape index (κ2) is 15.3. The summed E-state index contributed by atoms with van der Waals surface area (Å²) < 4.78 is 4.77. The molecule has 64 heavy (non-hydrogen) atoms. The monoisotopic (exact) mass is 820 g/mol. The summed E-state index contributed by atoms with van der Waals surface area (Å²) in [5, 5.41) is 4.94. The van der Waals surface area contributed by atoms with Crippen molar-refractivity contribution in [2.45, 2.75) is 19.8 Å². The van der Waals surface area contributed by atoms with Gasteiger partial charge < -0.3 is 14.9 Å². The van der Waals surface area contributed by atoms with Gasteiger partial charge in [0, 0.05) is 33.9 Å². The molecule has 0 saturated heterocycles. The van der Waals surface area contributed by atoms with Crippen LogP contribution >= 0.6 is 0 Å². The molecule has 2 N–H and O–H groups in total. The number of nitrogens with two attached hydrogens (primary N) is 1. The van der Waals surface area contributed by atoms with Crippen molar-refractivity contribution in [3.8, 4) is 61.3 Å². The lowest BCUT2D eigenvalue weighted by atomic mass is 9.83. The highest BCUT2D eigenvalue weighted by Gasteiger charge is 2.26. The third kappa shape index (κ3) is 6.10. The van der Waals surface area contributed by atoms with E-state index in [1.54, 1.807) is 6.20 Å². The van der Waals surface area contributed by atoms with Gasteiger partial charge in [-0.05, 0) is 141 Å². The van der Waals surface area contributed by atoms with Gasteiger partial charge in [-0.1, -0.05) is 140 Å². The lowest BCUT2D eigenvalue weighted by Gasteiger charge is -2.23. The van der Waals surface area contributed by atoms with E-state index in [2.05, 4.69) is 209 Å². The molecule has 11 aromatic rings. The second-order valence-electron chi connectivity index (χ2n) is 16.8. The Morgan fingerprint density at radius 1 is 0.500 bits per heavy atom. The van der Waals surface area contributed by atoms with E-state index in [1.165, 1.54) is 105 Å². The molecule has 0 radical (unpaired) electrons. The van der Waals surface area contributed by atoms with E-state index in [9.17, 15) is 0 Å². The zero-order chi connectivity index (χ0) is 42.7. The summed E-state index contributed by atoms with van der Waals surface area (Å²) in [6.07, 6.45) is 11.6. The molecule has 1 aliphatic carbocycles. The Morgan fingerprint density at radius 3 is 1.66 bits per heavy atom. The van der Waals surface area contributed by atoms with Gasteiger partial charge in [-0.15, -0.1) is 0 Å². The van der Waals surface area contributed by atoms with Crippen LogP contribution in [0.5, 0.6) is 0 Å². The molecule has 4 heteroatoms. The minimum atomic E-state index is 0.920. The maximum atomic E-state index is 6.48. The van der Waals surface area contributed by atoms with Gasteiger partial charge in [0.1, 0.15) is 0 Å². The van der Waals surface area contributed by atoms with Crippen molar-refractivity contribution in [1.82, 2.24) is 14.1 Å². The van der Waals surface area contributed by atoms with Gasteiger partial charge in [0.2, 0.25) is 0 Å². The SMILES string of the molecule is C/C=C\C(=C/N)n1c2ccc(-c3ccc(-c4ccccc4)cc3)cc2c2ccc3c(c21)CCc1cc2c4cc(-c5ccc(-c6ccccc6)cc5)ccc4n(-c4cccnc4)c2cc1-3. The first-order valence-electron chi connectivity index (χ1n) is 22.1. The van der Waals surface area contributed by atoms with Gasteiger partial charge in [0.05, 0.1) is 39.6 Å². The smallest absolute Gasteiger partial charge is 0.0645 e. The average Bonchev–Trinajstić information content (AvgIpc) is 3.87. The largest absolute Gasteiger partial charge is 0.403 e. The van der Waals surface area contributed by atoms with Gasteiger partial charge in [-0.25, -0.2) is 0 Å². The molecule has 0 aliphatic heterocycles. The number of benzene rings is 8. The fraction of sp³-hybridized carbons (Fsp3) is 0.0500. The fourth-order valence-electron chi connectivity index (χ4n) is 10.2. The summed E-state index contributed by atoms with van der Waals surface area (Å²) in [7, 11) is 0. The normalized spacial score (nSPS) is 12.7. The number of allylic oxidation sites excluding steroid dienone is 3. The van der Waals surface area contributed by atoms with Crippen LogP contribution in [0.3, 0.4) is 0 Å². The molecular formula is C60H44N4. The Hall–Kier alpha value is -8.21. The van der Waals surface area contributed by atoms with E-state index >= 15 is 0 Å². The molecule has 0 unspecified atom stereocenters. The van der Waals surface area contributed by atoms with Gasteiger partial charge in [-0.3, -0.25) is 4.98 Å². The predicted molar refractivity (Wildman–Crippen MR) is 269 cm³/mol. The first-order valence-corrected chi connectivity index (χ1v) is 22.1. The Balaban J connectivity index is 1.02. The average molecular weight is 821 g/mol. The summed E-state index contributed by atoms with van der Waals surface area (Å²) in [4.78, 5) is 4.58. The van der Waals surface area contributed by atoms with Crippen LogP contribution in [0, 0.1) is 0 Å². The van der Waals surface area contributed by atoms with E-state index in [-0.39, 0.29) is 0 Å². The van der Waals surface area contributed by atoms with Crippen LogP contribution in [-0.4, -0.2) is 14.1 Å². The summed E-state index contributed by atoms with van der Waals surface area (Å²) in [5.74, 6) is 0. The molecule has 4 nitrogen and oxygen atoms in total. The van der Waals surface area contributed by atoms with Crippen LogP contribution < -0.4 is 5.73 Å². The van der Waals surface area contributed by atoms with E-state index in [1.807, 2.05) is 18.5 Å². The molecule has 0 saturated carbocycles. The summed E-state index contributed by atoms with van der Waals surface area (Å²) >= 11 is 0. The predicted octanol–water partition coefficient (Wildman–Crippen LogP) is 15.1. The van der Waals surface area contributed by atoms with Crippen LogP contribution in [0.1, 0.15) is 18.1 Å². The molecule has 304 valence electrons. The lowest BCUT2D eigenvalue weighted by molar-refractivity contribution is 0.946. The molecule has 8 aromatic carbocycles. The van der Waals surface area contributed by atoms with Crippen LogP contribution in [0.15, 0.2) is 213 Å². The van der Waals surface area contributed by atoms with Crippen LogP contribution in [-0.2, 0) is 12.8 Å². The number of aryl methyl sites for hydroxylation is 2. The number of hydrogen-bond donors (Lipinski definition) is 1. The molecule has 3 heterocycles. The molecule has 0 atom stereocenters. The number of aromatic nitrogens is 3. The highest BCUT2D eigenvalue weighted by atomic mass is 15.0. The van der Waals surface area contributed by atoms with Crippen molar-refractivity contribution in [2.24, 2.45) is 5.73 Å². The molecule has 3 aromatic heterocycles. The first kappa shape index (κ1) is 37.5. The molecule has 0 spiro atoms. The Morgan fingerprint density at radius 2 is 1.06 bits per heavy atom. The molecular weight excluding hydrogens is 777 g/mol. The van der Waals surface area contributed by atoms with Crippen LogP contribution in [0.25, 0.3) is 111 Å². The topological polar surface area (TPSA) is 48.8 Å². The number of hydrogen-bond acceptors (Lipinski definition) is 2. The zero-order valence-electron chi connectivity index (χ0n) is 35.5. The van der Waals surface area contributed by atoms with Crippen molar-refractivity contribution < 1.29 is 0 Å². The number of fused-ring (bicyclic) bond motifs is 10. The summed E-state index contributed by atoms with van der Waals surface area (Å²) in [6, 6.07) is 66.6. The third-order valence-electron chi connectivity index (χ3n) is 13.3. The van der Waals surface area contributed by atoms with E-state index < -0.39 is 0 Å². The van der Waals surface area contributed by atoms with Crippen LogP contribution in [0.4, 0.5) is 0 Å². The lowest BCUT2D eigenvalue weighted by Crippen LogP contribution is -2.08. The molecule has 12 rings (SSSR count). The van der Waals surface area contributed by atoms with Crippen molar-refractivity contribution in [3.63, 3.8) is 0 Å². The van der Waals surface area contributed by atoms with Gasteiger partial charge in [0.25, 0.3) is 0 Å². The third-order valence-corrected chi connectivity index (χ3v) is 13.3. The summed E-state index contributed by atoms with van der Waals surface area (Å²) in [5.41, 5.74) is 28.1. The number of pyridine rings is 1. The van der Waals surface area contributed by atoms with Crippen molar-refractivity contribution in [2.75, 3.05) is 0 Å². The fourth-order valence-corrected chi connectivity index (χ4v) is 10.2. The zero-order valence-corrected chi connectivity index (χ0v) is 35.5. The maximum absolute atomic E-state index is 6.48. The summed E-state index contributed by atoms with van der Waals surface area (Å²) in [6.45, 7) is 2.05. The van der Waals surface area contributed by atoms with E-state index in [4.69, 9.17) is 5.73 Å². The highest BCUT2D eigenvalue weighted by Crippen LogP contribution is 2.46. The van der Waals surface area contributed by atoms with Gasteiger partial charge in [0.15, 0.2) is 0 Å². The minimum absolute atomic E-state index is 0.920.